The number of hydrogen-bond acceptors (Lipinski definition) is 3. The molecule has 0 aromatic carbocycles. The Kier molecular flexibility index (Phi) is 4.45. The molecule has 1 atom stereocenters. The standard InChI is InChI=1S/C6H12N2O2/c1-3-4-7-8-5(2)6(9)10/h5H,3-4H2,1-2H3,(H,9,10)/t5-/m1/s1. The van der Waals surface area contributed by atoms with E-state index in [9.17, 15) is 4.79 Å². The first-order valence-corrected chi connectivity index (χ1v) is 3.28. The Hall–Kier alpha value is -0.930. The van der Waals surface area contributed by atoms with Crippen LogP contribution in [0.25, 0.3) is 0 Å². The lowest BCUT2D eigenvalue weighted by atomic mass is 10.4. The Labute approximate surface area is 60.0 Å². The molecule has 0 aromatic heterocycles. The zero-order chi connectivity index (χ0) is 7.98. The quantitative estimate of drug-likeness (QED) is 0.605. The summed E-state index contributed by atoms with van der Waals surface area (Å²) in [5, 5.41) is 15.5. The summed E-state index contributed by atoms with van der Waals surface area (Å²) >= 11 is 0. The zero-order valence-electron chi connectivity index (χ0n) is 6.24. The number of azo groups is 1. The van der Waals surface area contributed by atoms with E-state index in [1.807, 2.05) is 6.92 Å². The normalized spacial score (nSPS) is 13.8. The van der Waals surface area contributed by atoms with Gasteiger partial charge in [0.1, 0.15) is 0 Å². The average Bonchev–Trinajstić information content (AvgIpc) is 1.88. The summed E-state index contributed by atoms with van der Waals surface area (Å²) in [5.41, 5.74) is 0. The minimum atomic E-state index is -0.931. The van der Waals surface area contributed by atoms with Crippen molar-refractivity contribution < 1.29 is 9.90 Å². The maximum absolute atomic E-state index is 10.1. The van der Waals surface area contributed by atoms with Gasteiger partial charge in [-0.1, -0.05) is 6.92 Å². The van der Waals surface area contributed by atoms with Crippen molar-refractivity contribution in [2.45, 2.75) is 26.3 Å². The highest BCUT2D eigenvalue weighted by Gasteiger charge is 2.06. The van der Waals surface area contributed by atoms with Crippen LogP contribution >= 0.6 is 0 Å². The van der Waals surface area contributed by atoms with Crippen LogP contribution in [-0.4, -0.2) is 23.7 Å². The Bertz CT molecular complexity index is 134. The molecule has 0 aliphatic rings. The summed E-state index contributed by atoms with van der Waals surface area (Å²) in [6, 6.07) is -0.702. The van der Waals surface area contributed by atoms with Crippen molar-refractivity contribution in [3.05, 3.63) is 0 Å². The van der Waals surface area contributed by atoms with Crippen LogP contribution < -0.4 is 0 Å². The summed E-state index contributed by atoms with van der Waals surface area (Å²) < 4.78 is 0. The highest BCUT2D eigenvalue weighted by molar-refractivity contribution is 5.72. The van der Waals surface area contributed by atoms with Gasteiger partial charge in [-0.15, -0.1) is 0 Å². The lowest BCUT2D eigenvalue weighted by Crippen LogP contribution is -2.12. The first-order chi connectivity index (χ1) is 4.68. The van der Waals surface area contributed by atoms with Gasteiger partial charge < -0.3 is 5.11 Å². The molecular formula is C6H12N2O2. The SMILES string of the molecule is CCCN=N[C@H](C)C(=O)O. The van der Waals surface area contributed by atoms with Gasteiger partial charge >= 0.3 is 5.97 Å². The Morgan fingerprint density at radius 3 is 2.70 bits per heavy atom. The number of carboxylic acid groups (broad SMARTS) is 1. The molecule has 0 radical (unpaired) electrons. The van der Waals surface area contributed by atoms with E-state index in [-0.39, 0.29) is 0 Å². The number of carbonyl (C=O) groups is 1. The fraction of sp³-hybridized carbons (Fsp3) is 0.833. The molecule has 0 aliphatic carbocycles. The summed E-state index contributed by atoms with van der Waals surface area (Å²) in [4.78, 5) is 10.1. The molecule has 0 saturated heterocycles. The highest BCUT2D eigenvalue weighted by atomic mass is 16.4. The molecule has 0 saturated carbocycles. The number of nitrogens with zero attached hydrogens (tertiary/aromatic N) is 2. The minimum absolute atomic E-state index is 0.609. The molecule has 0 spiro atoms. The monoisotopic (exact) mass is 144 g/mol. The molecule has 0 amide bonds. The molecule has 0 heterocycles. The largest absolute Gasteiger partial charge is 0.480 e. The average molecular weight is 144 g/mol. The van der Waals surface area contributed by atoms with Gasteiger partial charge in [0.05, 0.1) is 6.54 Å². The van der Waals surface area contributed by atoms with Crippen LogP contribution in [0.2, 0.25) is 0 Å². The molecule has 4 nitrogen and oxygen atoms in total. The molecule has 0 fully saturated rings. The van der Waals surface area contributed by atoms with Crippen molar-refractivity contribution in [2.24, 2.45) is 10.2 Å². The van der Waals surface area contributed by atoms with E-state index >= 15 is 0 Å². The smallest absolute Gasteiger partial charge is 0.330 e. The van der Waals surface area contributed by atoms with Crippen molar-refractivity contribution in [3.8, 4) is 0 Å². The van der Waals surface area contributed by atoms with Crippen LogP contribution in [0.4, 0.5) is 0 Å². The predicted molar refractivity (Wildman–Crippen MR) is 37.1 cm³/mol. The van der Waals surface area contributed by atoms with Gasteiger partial charge in [0.15, 0.2) is 6.04 Å². The van der Waals surface area contributed by atoms with Gasteiger partial charge in [0.25, 0.3) is 0 Å². The molecule has 0 rings (SSSR count). The second-order valence-corrected chi connectivity index (χ2v) is 1.99. The van der Waals surface area contributed by atoms with E-state index in [4.69, 9.17) is 5.11 Å². The number of carboxylic acids is 1. The predicted octanol–water partition coefficient (Wildman–Crippen LogP) is 1.32. The second kappa shape index (κ2) is 4.90. The lowest BCUT2D eigenvalue weighted by molar-refractivity contribution is -0.138. The van der Waals surface area contributed by atoms with E-state index in [1.165, 1.54) is 6.92 Å². The van der Waals surface area contributed by atoms with Crippen LogP contribution in [0.3, 0.4) is 0 Å². The molecule has 1 N–H and O–H groups in total. The topological polar surface area (TPSA) is 62.0 Å². The van der Waals surface area contributed by atoms with Gasteiger partial charge in [0, 0.05) is 0 Å². The third-order valence-corrected chi connectivity index (χ3v) is 0.936. The fourth-order valence-corrected chi connectivity index (χ4v) is 0.330. The zero-order valence-corrected chi connectivity index (χ0v) is 6.24. The Balaban J connectivity index is 3.55. The van der Waals surface area contributed by atoms with Crippen LogP contribution in [0.15, 0.2) is 10.2 Å². The number of hydrogen-bond donors (Lipinski definition) is 1. The summed E-state index contributed by atoms with van der Waals surface area (Å²) in [7, 11) is 0. The Morgan fingerprint density at radius 2 is 2.30 bits per heavy atom. The van der Waals surface area contributed by atoms with Crippen LogP contribution in [0.5, 0.6) is 0 Å². The van der Waals surface area contributed by atoms with Crippen molar-refractivity contribution in [1.82, 2.24) is 0 Å². The van der Waals surface area contributed by atoms with Gasteiger partial charge in [0.2, 0.25) is 0 Å². The molecule has 4 heteroatoms. The first-order valence-electron chi connectivity index (χ1n) is 3.28. The van der Waals surface area contributed by atoms with Crippen LogP contribution in [0.1, 0.15) is 20.3 Å². The van der Waals surface area contributed by atoms with E-state index in [1.54, 1.807) is 0 Å². The van der Waals surface area contributed by atoms with Crippen molar-refractivity contribution in [1.29, 1.82) is 0 Å². The minimum Gasteiger partial charge on any atom is -0.480 e. The molecule has 58 valence electrons. The molecule has 0 unspecified atom stereocenters. The maximum Gasteiger partial charge on any atom is 0.330 e. The van der Waals surface area contributed by atoms with E-state index < -0.39 is 12.0 Å². The van der Waals surface area contributed by atoms with Gasteiger partial charge in [-0.2, -0.15) is 10.2 Å². The molecule has 0 aliphatic heterocycles. The highest BCUT2D eigenvalue weighted by Crippen LogP contribution is 1.90. The van der Waals surface area contributed by atoms with Crippen LogP contribution in [0, 0.1) is 0 Å². The lowest BCUT2D eigenvalue weighted by Gasteiger charge is -1.94. The number of aliphatic carboxylic acids is 1. The third kappa shape index (κ3) is 4.00. The summed E-state index contributed by atoms with van der Waals surface area (Å²) in [6.07, 6.45) is 0.899. The van der Waals surface area contributed by atoms with Gasteiger partial charge in [-0.25, -0.2) is 4.79 Å². The first kappa shape index (κ1) is 9.07. The molecule has 0 bridgehead atoms. The van der Waals surface area contributed by atoms with E-state index in [0.717, 1.165) is 6.42 Å². The third-order valence-electron chi connectivity index (χ3n) is 0.936. The van der Waals surface area contributed by atoms with E-state index in [2.05, 4.69) is 10.2 Å². The molecule has 0 aromatic rings. The van der Waals surface area contributed by atoms with Crippen molar-refractivity contribution in [2.75, 3.05) is 6.54 Å². The van der Waals surface area contributed by atoms with Crippen LogP contribution in [-0.2, 0) is 4.79 Å². The summed E-state index contributed by atoms with van der Waals surface area (Å²) in [5.74, 6) is -0.931. The van der Waals surface area contributed by atoms with Crippen molar-refractivity contribution >= 4 is 5.97 Å². The maximum atomic E-state index is 10.1. The summed E-state index contributed by atoms with van der Waals surface area (Å²) in [6.45, 7) is 4.07. The van der Waals surface area contributed by atoms with Gasteiger partial charge in [-0.05, 0) is 13.3 Å². The molecular weight excluding hydrogens is 132 g/mol. The Morgan fingerprint density at radius 1 is 1.70 bits per heavy atom. The molecule has 10 heavy (non-hydrogen) atoms. The van der Waals surface area contributed by atoms with Crippen molar-refractivity contribution in [3.63, 3.8) is 0 Å². The van der Waals surface area contributed by atoms with E-state index in [0.29, 0.717) is 6.54 Å². The second-order valence-electron chi connectivity index (χ2n) is 1.99. The van der Waals surface area contributed by atoms with Gasteiger partial charge in [-0.3, -0.25) is 0 Å². The number of rotatable bonds is 4. The fourth-order valence-electron chi connectivity index (χ4n) is 0.330.